The van der Waals surface area contributed by atoms with Crippen molar-refractivity contribution in [3.63, 3.8) is 0 Å². The fourth-order valence-corrected chi connectivity index (χ4v) is 6.12. The predicted octanol–water partition coefficient (Wildman–Crippen LogP) is 6.24. The minimum atomic E-state index is -0.252. The molecule has 0 spiro atoms. The molecule has 1 amide bonds. The van der Waals surface area contributed by atoms with Crippen molar-refractivity contribution in [2.75, 3.05) is 24.5 Å². The van der Waals surface area contributed by atoms with Crippen molar-refractivity contribution in [2.24, 2.45) is 5.92 Å². The standard InChI is InChI=1S/C31H38N4O/c1-3-34(23-25-14-6-4-7-15-25)29(36)27-21-32-30(35-20-12-13-24(2)22-35)33-28(27)31(18-10-11-19-31)26-16-8-5-9-17-26/h4-9,14-17,21,24H,3,10-13,18-20,22-23H2,1-2H3. The van der Waals surface area contributed by atoms with Crippen molar-refractivity contribution >= 4 is 11.9 Å². The average Bonchev–Trinajstić information content (AvgIpc) is 3.43. The van der Waals surface area contributed by atoms with Gasteiger partial charge in [0.1, 0.15) is 0 Å². The summed E-state index contributed by atoms with van der Waals surface area (Å²) in [5.74, 6) is 1.43. The minimum absolute atomic E-state index is 0.0251. The average molecular weight is 483 g/mol. The van der Waals surface area contributed by atoms with E-state index in [4.69, 9.17) is 9.97 Å². The van der Waals surface area contributed by atoms with Crippen LogP contribution in [-0.4, -0.2) is 40.4 Å². The molecule has 3 aromatic rings. The van der Waals surface area contributed by atoms with Gasteiger partial charge in [0.25, 0.3) is 5.91 Å². The first-order valence-corrected chi connectivity index (χ1v) is 13.6. The lowest BCUT2D eigenvalue weighted by atomic mass is 9.74. The molecule has 5 rings (SSSR count). The Morgan fingerprint density at radius 2 is 1.72 bits per heavy atom. The first-order chi connectivity index (χ1) is 17.6. The maximum atomic E-state index is 14.1. The van der Waals surface area contributed by atoms with E-state index >= 15 is 0 Å². The van der Waals surface area contributed by atoms with Crippen LogP contribution in [0.1, 0.15) is 79.6 Å². The number of benzene rings is 2. The third-order valence-electron chi connectivity index (χ3n) is 8.07. The quantitative estimate of drug-likeness (QED) is 0.400. The van der Waals surface area contributed by atoms with Gasteiger partial charge in [-0.25, -0.2) is 9.97 Å². The van der Waals surface area contributed by atoms with Crippen molar-refractivity contribution in [3.05, 3.63) is 89.2 Å². The lowest BCUT2D eigenvalue weighted by Gasteiger charge is -2.35. The molecule has 0 N–H and O–H groups in total. The van der Waals surface area contributed by atoms with Crippen LogP contribution in [-0.2, 0) is 12.0 Å². The monoisotopic (exact) mass is 482 g/mol. The van der Waals surface area contributed by atoms with Crippen LogP contribution in [0.15, 0.2) is 66.9 Å². The Morgan fingerprint density at radius 3 is 2.39 bits per heavy atom. The van der Waals surface area contributed by atoms with E-state index in [1.807, 2.05) is 36.2 Å². The van der Waals surface area contributed by atoms with Crippen LogP contribution < -0.4 is 4.90 Å². The number of piperidine rings is 1. The molecule has 1 saturated carbocycles. The lowest BCUT2D eigenvalue weighted by molar-refractivity contribution is 0.0749. The van der Waals surface area contributed by atoms with Crippen LogP contribution in [0.5, 0.6) is 0 Å². The first kappa shape index (κ1) is 24.5. The Morgan fingerprint density at radius 1 is 1.03 bits per heavy atom. The normalized spacial score (nSPS) is 19.3. The molecule has 2 heterocycles. The molecule has 1 aliphatic heterocycles. The maximum Gasteiger partial charge on any atom is 0.257 e. The van der Waals surface area contributed by atoms with Crippen molar-refractivity contribution < 1.29 is 4.79 Å². The van der Waals surface area contributed by atoms with Gasteiger partial charge in [-0.05, 0) is 49.7 Å². The Kier molecular flexibility index (Phi) is 7.35. The second-order valence-electron chi connectivity index (χ2n) is 10.6. The maximum absolute atomic E-state index is 14.1. The van der Waals surface area contributed by atoms with Crippen LogP contribution in [0, 0.1) is 5.92 Å². The molecule has 2 fully saturated rings. The van der Waals surface area contributed by atoms with Gasteiger partial charge >= 0.3 is 0 Å². The van der Waals surface area contributed by atoms with E-state index in [1.54, 1.807) is 0 Å². The molecule has 1 aliphatic carbocycles. The molecular formula is C31H38N4O. The van der Waals surface area contributed by atoms with Gasteiger partial charge in [-0.2, -0.15) is 0 Å². The summed E-state index contributed by atoms with van der Waals surface area (Å²) in [6, 6.07) is 20.9. The van der Waals surface area contributed by atoms with Crippen LogP contribution in [0.4, 0.5) is 5.95 Å². The third-order valence-corrected chi connectivity index (χ3v) is 8.07. The largest absolute Gasteiger partial charge is 0.341 e. The fourth-order valence-electron chi connectivity index (χ4n) is 6.12. The van der Waals surface area contributed by atoms with E-state index in [9.17, 15) is 4.79 Å². The van der Waals surface area contributed by atoms with Crippen molar-refractivity contribution in [2.45, 2.75) is 64.3 Å². The second-order valence-corrected chi connectivity index (χ2v) is 10.6. The fraction of sp³-hybridized carbons (Fsp3) is 0.452. The van der Waals surface area contributed by atoms with Crippen LogP contribution in [0.3, 0.4) is 0 Å². The highest BCUT2D eigenvalue weighted by molar-refractivity contribution is 5.95. The van der Waals surface area contributed by atoms with E-state index in [2.05, 4.69) is 54.3 Å². The van der Waals surface area contributed by atoms with Gasteiger partial charge in [0.15, 0.2) is 0 Å². The van der Waals surface area contributed by atoms with Crippen molar-refractivity contribution in [3.8, 4) is 0 Å². The molecule has 188 valence electrons. The summed E-state index contributed by atoms with van der Waals surface area (Å²) in [4.78, 5) is 28.4. The molecule has 0 radical (unpaired) electrons. The van der Waals surface area contributed by atoms with E-state index in [0.29, 0.717) is 24.6 Å². The smallest absolute Gasteiger partial charge is 0.257 e. The summed E-state index contributed by atoms with van der Waals surface area (Å²) in [6.07, 6.45) is 8.54. The first-order valence-electron chi connectivity index (χ1n) is 13.6. The number of nitrogens with zero attached hydrogens (tertiary/aromatic N) is 4. The lowest BCUT2D eigenvalue weighted by Crippen LogP contribution is -2.38. The van der Waals surface area contributed by atoms with Gasteiger partial charge in [0.05, 0.1) is 11.3 Å². The number of aromatic nitrogens is 2. The number of carbonyl (C=O) groups excluding carboxylic acids is 1. The number of anilines is 1. The molecule has 1 unspecified atom stereocenters. The number of amides is 1. The van der Waals surface area contributed by atoms with Crippen LogP contribution in [0.2, 0.25) is 0 Å². The SMILES string of the molecule is CCN(Cc1ccccc1)C(=O)c1cnc(N2CCCC(C)C2)nc1C1(c2ccccc2)CCCC1. The van der Waals surface area contributed by atoms with E-state index in [1.165, 1.54) is 12.0 Å². The highest BCUT2D eigenvalue weighted by Crippen LogP contribution is 2.47. The molecular weight excluding hydrogens is 444 g/mol. The van der Waals surface area contributed by atoms with Gasteiger partial charge in [-0.1, -0.05) is 80.4 Å². The molecule has 5 nitrogen and oxygen atoms in total. The number of carbonyl (C=O) groups is 1. The number of hydrogen-bond donors (Lipinski definition) is 0. The zero-order chi connectivity index (χ0) is 25.0. The van der Waals surface area contributed by atoms with Crippen molar-refractivity contribution in [1.82, 2.24) is 14.9 Å². The van der Waals surface area contributed by atoms with Gasteiger partial charge < -0.3 is 9.80 Å². The van der Waals surface area contributed by atoms with E-state index in [-0.39, 0.29) is 11.3 Å². The topological polar surface area (TPSA) is 49.3 Å². The molecule has 1 atom stereocenters. The highest BCUT2D eigenvalue weighted by atomic mass is 16.2. The van der Waals surface area contributed by atoms with Gasteiger partial charge in [0.2, 0.25) is 5.95 Å². The van der Waals surface area contributed by atoms with E-state index in [0.717, 1.165) is 62.4 Å². The molecule has 0 bridgehead atoms. The number of rotatable bonds is 7. The van der Waals surface area contributed by atoms with Crippen molar-refractivity contribution in [1.29, 1.82) is 0 Å². The third kappa shape index (κ3) is 4.88. The molecule has 1 saturated heterocycles. The molecule has 1 aromatic heterocycles. The summed E-state index contributed by atoms with van der Waals surface area (Å²) >= 11 is 0. The zero-order valence-corrected chi connectivity index (χ0v) is 21.7. The summed E-state index contributed by atoms with van der Waals surface area (Å²) in [6.45, 7) is 7.52. The Balaban J connectivity index is 1.59. The summed E-state index contributed by atoms with van der Waals surface area (Å²) < 4.78 is 0. The van der Waals surface area contributed by atoms with Crippen LogP contribution in [0.25, 0.3) is 0 Å². The summed E-state index contributed by atoms with van der Waals surface area (Å²) in [5.41, 5.74) is 3.72. The van der Waals surface area contributed by atoms with Gasteiger partial charge in [0, 0.05) is 37.8 Å². The minimum Gasteiger partial charge on any atom is -0.341 e. The highest BCUT2D eigenvalue weighted by Gasteiger charge is 2.42. The molecule has 5 heteroatoms. The summed E-state index contributed by atoms with van der Waals surface area (Å²) in [7, 11) is 0. The molecule has 2 aromatic carbocycles. The second kappa shape index (κ2) is 10.8. The van der Waals surface area contributed by atoms with Gasteiger partial charge in [-0.3, -0.25) is 4.79 Å². The molecule has 2 aliphatic rings. The predicted molar refractivity (Wildman–Crippen MR) is 145 cm³/mol. The molecule has 36 heavy (non-hydrogen) atoms. The Hall–Kier alpha value is -3.21. The Labute approximate surface area is 215 Å². The van der Waals surface area contributed by atoms with Gasteiger partial charge in [-0.15, -0.1) is 0 Å². The zero-order valence-electron chi connectivity index (χ0n) is 21.7. The Bertz CT molecular complexity index is 1160. The van der Waals surface area contributed by atoms with Crippen LogP contribution >= 0.6 is 0 Å². The summed E-state index contributed by atoms with van der Waals surface area (Å²) in [5, 5.41) is 0. The number of hydrogen-bond acceptors (Lipinski definition) is 4. The van der Waals surface area contributed by atoms with E-state index < -0.39 is 0 Å².